The lowest BCUT2D eigenvalue weighted by molar-refractivity contribution is 0.302. The van der Waals surface area contributed by atoms with Crippen LogP contribution in [0.15, 0.2) is 36.4 Å². The third kappa shape index (κ3) is 3.94. The molecule has 0 spiro atoms. The average molecular weight is 305 g/mol. The van der Waals surface area contributed by atoms with Gasteiger partial charge < -0.3 is 10.5 Å². The van der Waals surface area contributed by atoms with Crippen LogP contribution in [0.5, 0.6) is 5.75 Å². The van der Waals surface area contributed by atoms with Gasteiger partial charge in [-0.05, 0) is 48.9 Å². The second kappa shape index (κ2) is 7.07. The number of nitriles is 1. The van der Waals surface area contributed by atoms with E-state index in [1.807, 2.05) is 6.07 Å². The van der Waals surface area contributed by atoms with E-state index in [1.165, 1.54) is 12.1 Å². The Morgan fingerprint density at radius 3 is 2.81 bits per heavy atom. The van der Waals surface area contributed by atoms with Gasteiger partial charge in [-0.1, -0.05) is 17.7 Å². The fraction of sp³-hybridized carbons (Fsp3) is 0.188. The molecule has 21 heavy (non-hydrogen) atoms. The molecule has 0 aliphatic carbocycles. The molecule has 0 bridgehead atoms. The molecule has 0 saturated heterocycles. The van der Waals surface area contributed by atoms with Gasteiger partial charge in [0.25, 0.3) is 0 Å². The number of hydrogen-bond acceptors (Lipinski definition) is 3. The molecule has 0 aromatic heterocycles. The van der Waals surface area contributed by atoms with Crippen LogP contribution in [0.4, 0.5) is 4.39 Å². The zero-order valence-corrected chi connectivity index (χ0v) is 12.0. The van der Waals surface area contributed by atoms with Crippen molar-refractivity contribution in [2.24, 2.45) is 5.73 Å². The predicted octanol–water partition coefficient (Wildman–Crippen LogP) is 3.43. The molecule has 0 aliphatic heterocycles. The number of halogens is 2. The van der Waals surface area contributed by atoms with Crippen LogP contribution < -0.4 is 10.5 Å². The molecular formula is C16H14ClFN2O. The summed E-state index contributed by atoms with van der Waals surface area (Å²) in [5, 5.41) is 9.43. The van der Waals surface area contributed by atoms with Crippen LogP contribution >= 0.6 is 11.6 Å². The third-order valence-corrected chi connectivity index (χ3v) is 3.31. The second-order valence-corrected chi connectivity index (χ2v) is 4.91. The van der Waals surface area contributed by atoms with Gasteiger partial charge in [0.05, 0.1) is 11.6 Å². The first-order valence-electron chi connectivity index (χ1n) is 6.44. The lowest BCUT2D eigenvalue weighted by atomic mass is 10.1. The summed E-state index contributed by atoms with van der Waals surface area (Å²) >= 11 is 6.12. The van der Waals surface area contributed by atoms with Crippen molar-refractivity contribution in [2.45, 2.75) is 13.0 Å². The summed E-state index contributed by atoms with van der Waals surface area (Å²) in [5.41, 5.74) is 7.25. The Bertz CT molecular complexity index is 682. The minimum atomic E-state index is -0.457. The van der Waals surface area contributed by atoms with Gasteiger partial charge in [0, 0.05) is 10.6 Å². The lowest BCUT2D eigenvalue weighted by Crippen LogP contribution is -2.06. The van der Waals surface area contributed by atoms with Gasteiger partial charge in [0.2, 0.25) is 0 Å². The fourth-order valence-electron chi connectivity index (χ4n) is 2.02. The number of benzene rings is 2. The molecule has 5 heteroatoms. The quantitative estimate of drug-likeness (QED) is 0.920. The molecule has 0 unspecified atom stereocenters. The molecule has 2 aromatic rings. The van der Waals surface area contributed by atoms with E-state index in [2.05, 4.69) is 0 Å². The maximum absolute atomic E-state index is 13.4. The zero-order chi connectivity index (χ0) is 15.2. The highest BCUT2D eigenvalue weighted by molar-refractivity contribution is 6.31. The maximum Gasteiger partial charge on any atom is 0.124 e. The summed E-state index contributed by atoms with van der Waals surface area (Å²) in [6.45, 7) is 0.614. The van der Waals surface area contributed by atoms with Crippen LogP contribution in [-0.4, -0.2) is 6.54 Å². The molecule has 0 aliphatic rings. The Balaban J connectivity index is 2.19. The van der Waals surface area contributed by atoms with Crippen molar-refractivity contribution < 1.29 is 9.13 Å². The van der Waals surface area contributed by atoms with E-state index in [-0.39, 0.29) is 12.2 Å². The standard InChI is InChI=1S/C16H14ClFN2O/c17-15-2-1-3-16(14(15)4-5-19)21-10-12-6-11(9-20)7-13(18)8-12/h1-3,6-8H,4-5,10,19H2. The first-order chi connectivity index (χ1) is 10.1. The molecule has 108 valence electrons. The molecule has 0 radical (unpaired) electrons. The Hall–Kier alpha value is -2.09. The van der Waals surface area contributed by atoms with Gasteiger partial charge in [-0.25, -0.2) is 4.39 Å². The zero-order valence-electron chi connectivity index (χ0n) is 11.3. The third-order valence-electron chi connectivity index (χ3n) is 2.95. The van der Waals surface area contributed by atoms with Gasteiger partial charge in [-0.15, -0.1) is 0 Å². The highest BCUT2D eigenvalue weighted by Crippen LogP contribution is 2.27. The first kappa shape index (κ1) is 15.3. The Morgan fingerprint density at radius 1 is 1.29 bits per heavy atom. The van der Waals surface area contributed by atoms with Crippen molar-refractivity contribution in [1.29, 1.82) is 5.26 Å². The average Bonchev–Trinajstić information content (AvgIpc) is 2.47. The van der Waals surface area contributed by atoms with E-state index >= 15 is 0 Å². The molecule has 0 atom stereocenters. The topological polar surface area (TPSA) is 59.0 Å². The number of hydrogen-bond donors (Lipinski definition) is 1. The van der Waals surface area contributed by atoms with Crippen molar-refractivity contribution in [2.75, 3.05) is 6.54 Å². The second-order valence-electron chi connectivity index (χ2n) is 4.50. The van der Waals surface area contributed by atoms with Crippen LogP contribution in [-0.2, 0) is 13.0 Å². The van der Waals surface area contributed by atoms with Crippen LogP contribution in [0.25, 0.3) is 0 Å². The van der Waals surface area contributed by atoms with Gasteiger partial charge in [0.1, 0.15) is 18.2 Å². The smallest absolute Gasteiger partial charge is 0.124 e. The minimum Gasteiger partial charge on any atom is -0.489 e. The molecule has 0 fully saturated rings. The molecule has 2 rings (SSSR count). The highest BCUT2D eigenvalue weighted by atomic mass is 35.5. The molecule has 3 nitrogen and oxygen atoms in total. The number of nitrogens with two attached hydrogens (primary N) is 1. The van der Waals surface area contributed by atoms with E-state index in [9.17, 15) is 4.39 Å². The fourth-order valence-corrected chi connectivity index (χ4v) is 2.28. The predicted molar refractivity (Wildman–Crippen MR) is 79.7 cm³/mol. The minimum absolute atomic E-state index is 0.157. The molecule has 2 N–H and O–H groups in total. The molecule has 0 heterocycles. The monoisotopic (exact) mass is 304 g/mol. The van der Waals surface area contributed by atoms with E-state index in [4.69, 9.17) is 27.3 Å². The van der Waals surface area contributed by atoms with Crippen LogP contribution in [0, 0.1) is 17.1 Å². The van der Waals surface area contributed by atoms with Crippen molar-refractivity contribution in [3.05, 3.63) is 63.9 Å². The summed E-state index contributed by atoms with van der Waals surface area (Å²) < 4.78 is 19.1. The SMILES string of the molecule is N#Cc1cc(F)cc(COc2cccc(Cl)c2CCN)c1. The Morgan fingerprint density at radius 2 is 2.10 bits per heavy atom. The maximum atomic E-state index is 13.4. The molecular weight excluding hydrogens is 291 g/mol. The first-order valence-corrected chi connectivity index (χ1v) is 6.81. The summed E-state index contributed by atoms with van der Waals surface area (Å²) in [6, 6.07) is 11.4. The lowest BCUT2D eigenvalue weighted by Gasteiger charge is -2.12. The summed E-state index contributed by atoms with van der Waals surface area (Å²) in [7, 11) is 0. The number of rotatable bonds is 5. The molecule has 0 saturated carbocycles. The Labute approximate surface area is 127 Å². The number of nitrogens with zero attached hydrogens (tertiary/aromatic N) is 1. The van der Waals surface area contributed by atoms with E-state index < -0.39 is 5.82 Å². The summed E-state index contributed by atoms with van der Waals surface area (Å²) in [6.07, 6.45) is 0.599. The van der Waals surface area contributed by atoms with Gasteiger partial charge >= 0.3 is 0 Å². The van der Waals surface area contributed by atoms with Gasteiger partial charge in [-0.3, -0.25) is 0 Å². The number of ether oxygens (including phenoxy) is 1. The summed E-state index contributed by atoms with van der Waals surface area (Å²) in [4.78, 5) is 0. The van der Waals surface area contributed by atoms with Gasteiger partial charge in [-0.2, -0.15) is 5.26 Å². The highest BCUT2D eigenvalue weighted by Gasteiger charge is 2.08. The van der Waals surface area contributed by atoms with E-state index in [1.54, 1.807) is 24.3 Å². The van der Waals surface area contributed by atoms with Gasteiger partial charge in [0.15, 0.2) is 0 Å². The largest absolute Gasteiger partial charge is 0.489 e. The Kier molecular flexibility index (Phi) is 5.15. The van der Waals surface area contributed by atoms with Crippen LogP contribution in [0.1, 0.15) is 16.7 Å². The van der Waals surface area contributed by atoms with Crippen molar-refractivity contribution in [3.8, 4) is 11.8 Å². The normalized spacial score (nSPS) is 10.2. The van der Waals surface area contributed by atoms with Crippen molar-refractivity contribution >= 4 is 11.6 Å². The van der Waals surface area contributed by atoms with E-state index in [0.29, 0.717) is 29.3 Å². The van der Waals surface area contributed by atoms with Crippen LogP contribution in [0.3, 0.4) is 0 Å². The summed E-state index contributed by atoms with van der Waals surface area (Å²) in [5.74, 6) is 0.164. The molecule has 0 amide bonds. The molecule has 2 aromatic carbocycles. The van der Waals surface area contributed by atoms with E-state index in [0.717, 1.165) is 5.56 Å². The van der Waals surface area contributed by atoms with Crippen molar-refractivity contribution in [1.82, 2.24) is 0 Å². The van der Waals surface area contributed by atoms with Crippen molar-refractivity contribution in [3.63, 3.8) is 0 Å². The van der Waals surface area contributed by atoms with Crippen LogP contribution in [0.2, 0.25) is 5.02 Å².